The molecule has 0 unspecified atom stereocenters. The summed E-state index contributed by atoms with van der Waals surface area (Å²) in [6.07, 6.45) is 4.51. The second kappa shape index (κ2) is 10.4. The minimum absolute atomic E-state index is 0.341. The smallest absolute Gasteiger partial charge is 0.123 e. The van der Waals surface area contributed by atoms with Crippen LogP contribution in [0.5, 0.6) is 0 Å². The molecule has 3 heterocycles. The fraction of sp³-hybridized carbons (Fsp3) is 0.286. The molecule has 8 bridgehead atoms. The molecule has 0 spiro atoms. The van der Waals surface area contributed by atoms with Crippen molar-refractivity contribution < 1.29 is 0 Å². The summed E-state index contributed by atoms with van der Waals surface area (Å²) < 4.78 is 4.60. The van der Waals surface area contributed by atoms with Gasteiger partial charge in [0.05, 0.1) is 11.4 Å². The van der Waals surface area contributed by atoms with E-state index in [-0.39, 0.29) is 10.8 Å². The van der Waals surface area contributed by atoms with Gasteiger partial charge in [0, 0.05) is 45.4 Å². The Balaban J connectivity index is 1.55. The molecule has 0 aliphatic carbocycles. The lowest BCUT2D eigenvalue weighted by atomic mass is 9.76. The normalized spacial score (nSPS) is 17.4. The van der Waals surface area contributed by atoms with Gasteiger partial charge in [-0.1, -0.05) is 113 Å². The molecule has 7 rings (SSSR count). The molecule has 0 atom stereocenters. The van der Waals surface area contributed by atoms with E-state index >= 15 is 0 Å². The first kappa shape index (κ1) is 30.0. The second-order valence-electron chi connectivity index (χ2n) is 15.0. The molecular weight excluding hydrogens is 560 g/mol. The van der Waals surface area contributed by atoms with Crippen molar-refractivity contribution in [3.8, 4) is 11.4 Å². The van der Waals surface area contributed by atoms with Crippen LogP contribution in [0.2, 0.25) is 0 Å². The Kier molecular flexibility index (Phi) is 6.79. The quantitative estimate of drug-likeness (QED) is 0.197. The molecule has 1 aliphatic heterocycles. The molecule has 6 aromatic rings. The minimum atomic E-state index is -0.392. The van der Waals surface area contributed by atoms with Gasteiger partial charge < -0.3 is 9.13 Å². The molecule has 46 heavy (non-hydrogen) atoms. The summed E-state index contributed by atoms with van der Waals surface area (Å²) in [7, 11) is 0. The van der Waals surface area contributed by atoms with Gasteiger partial charge in [-0.15, -0.1) is 0 Å². The van der Waals surface area contributed by atoms with Gasteiger partial charge in [-0.25, -0.2) is 9.97 Å². The van der Waals surface area contributed by atoms with Gasteiger partial charge in [0.2, 0.25) is 0 Å². The van der Waals surface area contributed by atoms with E-state index in [4.69, 9.17) is 9.97 Å². The standard InChI is InChI=1S/C42H44N4/c1-39(2)29-17-15-18-30(25-29)40(3,4)36-28-46(34-23-13-10-14-24-34)38(44-36)42(7,8)32-20-16-19-31(26-32)41(5,6)37-43-35(39)27-45(37)33-21-11-9-12-22-33/h9-28H,1-8H3. The summed E-state index contributed by atoms with van der Waals surface area (Å²) in [5.41, 5.74) is 7.77. The van der Waals surface area contributed by atoms with E-state index in [1.165, 1.54) is 22.3 Å². The number of rotatable bonds is 2. The lowest BCUT2D eigenvalue weighted by molar-refractivity contribution is 0.550. The largest absolute Gasteiger partial charge is 0.303 e. The zero-order valence-electron chi connectivity index (χ0n) is 28.3. The molecule has 0 saturated carbocycles. The Hall–Kier alpha value is -4.70. The van der Waals surface area contributed by atoms with Gasteiger partial charge in [0.1, 0.15) is 11.6 Å². The number of hydrogen-bond donors (Lipinski definition) is 0. The summed E-state index contributed by atoms with van der Waals surface area (Å²) in [4.78, 5) is 11.0. The fourth-order valence-corrected chi connectivity index (χ4v) is 6.96. The first-order valence-corrected chi connectivity index (χ1v) is 16.3. The third-order valence-corrected chi connectivity index (χ3v) is 10.5. The van der Waals surface area contributed by atoms with Crippen molar-refractivity contribution in [3.63, 3.8) is 0 Å². The lowest BCUT2D eigenvalue weighted by Gasteiger charge is -2.31. The van der Waals surface area contributed by atoms with E-state index < -0.39 is 10.8 Å². The van der Waals surface area contributed by atoms with Crippen molar-refractivity contribution >= 4 is 0 Å². The van der Waals surface area contributed by atoms with E-state index in [9.17, 15) is 0 Å². The topological polar surface area (TPSA) is 35.6 Å². The van der Waals surface area contributed by atoms with Crippen LogP contribution >= 0.6 is 0 Å². The van der Waals surface area contributed by atoms with Crippen LogP contribution in [0.3, 0.4) is 0 Å². The van der Waals surface area contributed by atoms with Crippen molar-refractivity contribution in [1.82, 2.24) is 19.1 Å². The van der Waals surface area contributed by atoms with Crippen LogP contribution in [-0.2, 0) is 21.7 Å². The summed E-state index contributed by atoms with van der Waals surface area (Å²) in [5, 5.41) is 0. The number of hydrogen-bond acceptors (Lipinski definition) is 2. The molecule has 4 heteroatoms. The molecule has 4 aromatic carbocycles. The molecule has 0 fully saturated rings. The molecule has 232 valence electrons. The van der Waals surface area contributed by atoms with Gasteiger partial charge in [-0.05, 0) is 74.2 Å². The molecule has 4 nitrogen and oxygen atoms in total. The Labute approximate surface area is 273 Å². The molecule has 1 aliphatic rings. The van der Waals surface area contributed by atoms with Crippen LogP contribution in [0.15, 0.2) is 122 Å². The van der Waals surface area contributed by atoms with Gasteiger partial charge in [0.15, 0.2) is 0 Å². The fourth-order valence-electron chi connectivity index (χ4n) is 6.96. The first-order valence-electron chi connectivity index (χ1n) is 16.3. The van der Waals surface area contributed by atoms with Crippen molar-refractivity contribution in [2.45, 2.75) is 77.0 Å². The maximum absolute atomic E-state index is 5.51. The molecule has 2 aromatic heterocycles. The highest BCUT2D eigenvalue weighted by Crippen LogP contribution is 2.42. The SMILES string of the molecule is CC1(C)c2cccc(c2)C(C)(C)c2cn(-c3ccccc3)c(n2)C(C)(C)c2cccc(c2)C(C)(C)c2nc1cn2-c1ccccc1. The Morgan fingerprint density at radius 1 is 0.391 bits per heavy atom. The van der Waals surface area contributed by atoms with Crippen molar-refractivity contribution in [3.05, 3.63) is 167 Å². The predicted octanol–water partition coefficient (Wildman–Crippen LogP) is 9.67. The zero-order valence-corrected chi connectivity index (χ0v) is 28.3. The number of fused-ring (bicyclic) bond motifs is 8. The van der Waals surface area contributed by atoms with Crippen LogP contribution in [0.25, 0.3) is 11.4 Å². The van der Waals surface area contributed by atoms with Gasteiger partial charge in [0.25, 0.3) is 0 Å². The van der Waals surface area contributed by atoms with E-state index in [0.29, 0.717) is 0 Å². The molecule has 0 saturated heterocycles. The minimum Gasteiger partial charge on any atom is -0.303 e. The van der Waals surface area contributed by atoms with Crippen LogP contribution in [0.4, 0.5) is 0 Å². The molecule has 0 radical (unpaired) electrons. The van der Waals surface area contributed by atoms with Crippen LogP contribution in [0.1, 0.15) is 101 Å². The maximum atomic E-state index is 5.51. The zero-order chi connectivity index (χ0) is 32.5. The van der Waals surface area contributed by atoms with Crippen LogP contribution < -0.4 is 0 Å². The maximum Gasteiger partial charge on any atom is 0.123 e. The predicted molar refractivity (Wildman–Crippen MR) is 189 cm³/mol. The Bertz CT molecular complexity index is 1900. The van der Waals surface area contributed by atoms with Crippen molar-refractivity contribution in [2.24, 2.45) is 0 Å². The van der Waals surface area contributed by atoms with Crippen LogP contribution in [-0.4, -0.2) is 19.1 Å². The highest BCUT2D eigenvalue weighted by atomic mass is 15.1. The number of nitrogens with zero attached hydrogens (tertiary/aromatic N) is 4. The average Bonchev–Trinajstić information content (AvgIpc) is 3.73. The van der Waals surface area contributed by atoms with Crippen molar-refractivity contribution in [1.29, 1.82) is 0 Å². The third kappa shape index (κ3) is 4.65. The van der Waals surface area contributed by atoms with Crippen LogP contribution in [0, 0.1) is 0 Å². The number of aromatic nitrogens is 4. The summed E-state index contributed by atoms with van der Waals surface area (Å²) >= 11 is 0. The highest BCUT2D eigenvalue weighted by molar-refractivity contribution is 5.49. The molecular formula is C42H44N4. The number of benzene rings is 4. The van der Waals surface area contributed by atoms with E-state index in [2.05, 4.69) is 186 Å². The lowest BCUT2D eigenvalue weighted by Crippen LogP contribution is -2.28. The van der Waals surface area contributed by atoms with Crippen molar-refractivity contribution in [2.75, 3.05) is 0 Å². The summed E-state index contributed by atoms with van der Waals surface area (Å²) in [5.74, 6) is 2.04. The molecule has 0 N–H and O–H groups in total. The van der Waals surface area contributed by atoms with E-state index in [1.54, 1.807) is 0 Å². The first-order chi connectivity index (χ1) is 21.8. The summed E-state index contributed by atoms with van der Waals surface area (Å²) in [6.45, 7) is 18.4. The van der Waals surface area contributed by atoms with Gasteiger partial charge in [-0.3, -0.25) is 0 Å². The van der Waals surface area contributed by atoms with Gasteiger partial charge >= 0.3 is 0 Å². The van der Waals surface area contributed by atoms with E-state index in [0.717, 1.165) is 34.4 Å². The Morgan fingerprint density at radius 2 is 0.717 bits per heavy atom. The highest BCUT2D eigenvalue weighted by Gasteiger charge is 2.38. The molecule has 0 amide bonds. The second-order valence-corrected chi connectivity index (χ2v) is 15.0. The summed E-state index contributed by atoms with van der Waals surface area (Å²) in [6, 6.07) is 39.4. The third-order valence-electron chi connectivity index (χ3n) is 10.5. The van der Waals surface area contributed by atoms with E-state index in [1.807, 2.05) is 0 Å². The number of imidazole rings is 2. The monoisotopic (exact) mass is 604 g/mol. The average molecular weight is 605 g/mol. The number of para-hydroxylation sites is 2. The van der Waals surface area contributed by atoms with Gasteiger partial charge in [-0.2, -0.15) is 0 Å². The Morgan fingerprint density at radius 3 is 1.07 bits per heavy atom.